The summed E-state index contributed by atoms with van der Waals surface area (Å²) in [5, 5.41) is 9.56. The van der Waals surface area contributed by atoms with Gasteiger partial charge < -0.3 is 23.8 Å². The number of hydrogen-bond donors (Lipinski definition) is 1. The van der Waals surface area contributed by atoms with Gasteiger partial charge in [-0.25, -0.2) is 0 Å². The molecule has 2 heterocycles. The van der Waals surface area contributed by atoms with Gasteiger partial charge >= 0.3 is 0 Å². The molecule has 38 heavy (non-hydrogen) atoms. The molecule has 2 aromatic carbocycles. The fourth-order valence-corrected chi connectivity index (χ4v) is 8.71. The standard InChI is InChI=1S/C30H41FN2O4Si/c1-22-26(16-13-23-11-14-25(15-12-23)33-17-7-10-28(33)35)37-27(30(22)38(2,3)31)20-29(36)32(18-19-34)21-24-8-5-4-6-9-24/h4-6,8-9,11-12,14-15,22,26-27,30,34H,7,10,13,16-21H2,1-3H3/t22-,26+,27-,30+/m0/s1. The highest BCUT2D eigenvalue weighted by Gasteiger charge is 2.51. The monoisotopic (exact) mass is 540 g/mol. The van der Waals surface area contributed by atoms with Gasteiger partial charge in [0.05, 0.1) is 25.2 Å². The number of anilines is 1. The van der Waals surface area contributed by atoms with Gasteiger partial charge in [-0.2, -0.15) is 0 Å². The quantitative estimate of drug-likeness (QED) is 0.318. The molecule has 206 valence electrons. The number of carbonyl (C=O) groups excluding carboxylic acids is 2. The third-order valence-electron chi connectivity index (χ3n) is 8.05. The second-order valence-electron chi connectivity index (χ2n) is 11.2. The average Bonchev–Trinajstić information content (AvgIpc) is 3.45. The molecule has 2 saturated heterocycles. The van der Waals surface area contributed by atoms with Crippen molar-refractivity contribution in [3.63, 3.8) is 0 Å². The molecule has 0 aliphatic carbocycles. The summed E-state index contributed by atoms with van der Waals surface area (Å²) in [6.45, 7) is 6.78. The van der Waals surface area contributed by atoms with Gasteiger partial charge in [-0.3, -0.25) is 9.59 Å². The van der Waals surface area contributed by atoms with Gasteiger partial charge in [0.2, 0.25) is 20.2 Å². The van der Waals surface area contributed by atoms with Gasteiger partial charge in [-0.15, -0.1) is 0 Å². The SMILES string of the molecule is C[C@@H]1[C@@H]([Si](C)(C)F)[C@H](CC(=O)N(CCO)Cc2ccccc2)O[C@@H]1CCc1ccc(N2CCCC2=O)cc1. The highest BCUT2D eigenvalue weighted by Crippen LogP contribution is 2.47. The van der Waals surface area contributed by atoms with E-state index in [4.69, 9.17) is 4.74 Å². The number of amides is 2. The Morgan fingerprint density at radius 3 is 2.42 bits per heavy atom. The van der Waals surface area contributed by atoms with Crippen LogP contribution >= 0.6 is 0 Å². The molecule has 8 heteroatoms. The Morgan fingerprint density at radius 2 is 1.82 bits per heavy atom. The number of aryl methyl sites for hydroxylation is 1. The Hall–Kier alpha value is -2.55. The molecule has 0 radical (unpaired) electrons. The van der Waals surface area contributed by atoms with Gasteiger partial charge in [0.25, 0.3) is 0 Å². The topological polar surface area (TPSA) is 70.1 Å². The minimum absolute atomic E-state index is 0.0152. The lowest BCUT2D eigenvalue weighted by Crippen LogP contribution is -2.40. The van der Waals surface area contributed by atoms with Crippen LogP contribution in [0.4, 0.5) is 9.80 Å². The first-order chi connectivity index (χ1) is 18.2. The zero-order valence-electron chi connectivity index (χ0n) is 22.8. The smallest absolute Gasteiger partial charge is 0.246 e. The number of aliphatic hydroxyl groups excluding tert-OH is 1. The summed E-state index contributed by atoms with van der Waals surface area (Å²) in [4.78, 5) is 28.8. The number of benzene rings is 2. The van der Waals surface area contributed by atoms with Gasteiger partial charge in [-0.1, -0.05) is 49.4 Å². The minimum Gasteiger partial charge on any atom is -0.395 e. The lowest BCUT2D eigenvalue weighted by Gasteiger charge is -2.30. The van der Waals surface area contributed by atoms with Crippen LogP contribution in [0.3, 0.4) is 0 Å². The summed E-state index contributed by atoms with van der Waals surface area (Å²) >= 11 is 0. The van der Waals surface area contributed by atoms with Crippen molar-refractivity contribution < 1.29 is 23.5 Å². The van der Waals surface area contributed by atoms with E-state index in [1.807, 2.05) is 47.4 Å². The van der Waals surface area contributed by atoms with Crippen molar-refractivity contribution in [1.82, 2.24) is 4.90 Å². The molecule has 2 fully saturated rings. The van der Waals surface area contributed by atoms with E-state index in [1.165, 1.54) is 0 Å². The van der Waals surface area contributed by atoms with E-state index >= 15 is 4.11 Å². The number of rotatable bonds is 11. The van der Waals surface area contributed by atoms with E-state index in [0.29, 0.717) is 13.0 Å². The number of carbonyl (C=O) groups is 2. The number of aliphatic hydroxyl groups is 1. The normalized spacial score (nSPS) is 23.7. The molecule has 0 unspecified atom stereocenters. The summed E-state index contributed by atoms with van der Waals surface area (Å²) in [5.41, 5.74) is 2.81. The molecule has 0 aromatic heterocycles. The second-order valence-corrected chi connectivity index (χ2v) is 15.0. The average molecular weight is 541 g/mol. The fourth-order valence-electron chi connectivity index (χ4n) is 6.17. The largest absolute Gasteiger partial charge is 0.395 e. The second kappa shape index (κ2) is 12.5. The van der Waals surface area contributed by atoms with Gasteiger partial charge in [0.1, 0.15) is 0 Å². The lowest BCUT2D eigenvalue weighted by molar-refractivity contribution is -0.135. The van der Waals surface area contributed by atoms with E-state index in [-0.39, 0.29) is 48.9 Å². The van der Waals surface area contributed by atoms with Gasteiger partial charge in [0.15, 0.2) is 0 Å². The van der Waals surface area contributed by atoms with Crippen molar-refractivity contribution in [2.24, 2.45) is 5.92 Å². The maximum atomic E-state index is 15.6. The number of hydrogen-bond acceptors (Lipinski definition) is 4. The van der Waals surface area contributed by atoms with Crippen LogP contribution in [0.25, 0.3) is 0 Å². The number of ether oxygens (including phenoxy) is 1. The molecule has 4 atom stereocenters. The van der Waals surface area contributed by atoms with Crippen molar-refractivity contribution in [1.29, 1.82) is 0 Å². The molecule has 1 N–H and O–H groups in total. The van der Waals surface area contributed by atoms with Crippen LogP contribution < -0.4 is 4.90 Å². The molecule has 2 amide bonds. The fraction of sp³-hybridized carbons (Fsp3) is 0.533. The van der Waals surface area contributed by atoms with E-state index < -0.39 is 14.5 Å². The van der Waals surface area contributed by atoms with E-state index in [0.717, 1.165) is 42.6 Å². The van der Waals surface area contributed by atoms with Crippen LogP contribution in [-0.2, 0) is 27.3 Å². The summed E-state index contributed by atoms with van der Waals surface area (Å²) < 4.78 is 22.0. The predicted molar refractivity (Wildman–Crippen MR) is 150 cm³/mol. The van der Waals surface area contributed by atoms with Crippen LogP contribution in [0.5, 0.6) is 0 Å². The molecule has 0 bridgehead atoms. The molecular weight excluding hydrogens is 499 g/mol. The van der Waals surface area contributed by atoms with Crippen LogP contribution in [0.1, 0.15) is 43.7 Å². The Labute approximate surface area is 227 Å². The maximum Gasteiger partial charge on any atom is 0.246 e. The maximum absolute atomic E-state index is 15.6. The van der Waals surface area contributed by atoms with Crippen molar-refractivity contribution in [2.75, 3.05) is 24.6 Å². The molecule has 2 aromatic rings. The molecule has 6 nitrogen and oxygen atoms in total. The predicted octanol–water partition coefficient (Wildman–Crippen LogP) is 5.11. The van der Waals surface area contributed by atoms with E-state index in [1.54, 1.807) is 18.0 Å². The third kappa shape index (κ3) is 6.90. The molecule has 0 spiro atoms. The molecule has 2 aliphatic heterocycles. The zero-order valence-corrected chi connectivity index (χ0v) is 23.8. The Balaban J connectivity index is 1.39. The number of nitrogens with zero attached hydrogens (tertiary/aromatic N) is 2. The van der Waals surface area contributed by atoms with Crippen LogP contribution in [0, 0.1) is 5.92 Å². The van der Waals surface area contributed by atoms with Crippen LogP contribution in [-0.4, -0.2) is 62.1 Å². The Morgan fingerprint density at radius 1 is 1.11 bits per heavy atom. The highest BCUT2D eigenvalue weighted by molar-refractivity contribution is 6.72. The summed E-state index contributed by atoms with van der Waals surface area (Å²) in [5.74, 6) is 0.0781. The minimum atomic E-state index is -3.11. The molecule has 0 saturated carbocycles. The third-order valence-corrected chi connectivity index (χ3v) is 10.5. The Kier molecular flexibility index (Phi) is 9.39. The summed E-state index contributed by atoms with van der Waals surface area (Å²) in [6, 6.07) is 17.8. The summed E-state index contributed by atoms with van der Waals surface area (Å²) in [7, 11) is -3.11. The van der Waals surface area contributed by atoms with Gasteiger partial charge in [0, 0.05) is 37.3 Å². The van der Waals surface area contributed by atoms with Gasteiger partial charge in [-0.05, 0) is 61.5 Å². The molecule has 4 rings (SSSR count). The van der Waals surface area contributed by atoms with E-state index in [9.17, 15) is 14.7 Å². The van der Waals surface area contributed by atoms with Crippen molar-refractivity contribution in [3.05, 3.63) is 65.7 Å². The zero-order chi connectivity index (χ0) is 27.3. The molecular formula is C30H41FN2O4Si. The first-order valence-electron chi connectivity index (χ1n) is 13.8. The van der Waals surface area contributed by atoms with Crippen LogP contribution in [0.15, 0.2) is 54.6 Å². The molecule has 2 aliphatic rings. The van der Waals surface area contributed by atoms with Crippen molar-refractivity contribution >= 4 is 25.9 Å². The highest BCUT2D eigenvalue weighted by atomic mass is 28.4. The van der Waals surface area contributed by atoms with E-state index in [2.05, 4.69) is 19.1 Å². The lowest BCUT2D eigenvalue weighted by atomic mass is 9.95. The first kappa shape index (κ1) is 28.5. The first-order valence-corrected chi connectivity index (χ1v) is 16.8. The summed E-state index contributed by atoms with van der Waals surface area (Å²) in [6.07, 6.45) is 2.59. The number of halogens is 1. The van der Waals surface area contributed by atoms with Crippen LogP contribution in [0.2, 0.25) is 18.6 Å². The van der Waals surface area contributed by atoms with Crippen molar-refractivity contribution in [3.8, 4) is 0 Å². The Bertz CT molecular complexity index is 1080. The van der Waals surface area contributed by atoms with Crippen molar-refractivity contribution in [2.45, 2.75) is 76.4 Å².